The fraction of sp³-hybridized carbons (Fsp3) is 0. The third-order valence-corrected chi connectivity index (χ3v) is 8.97. The average molecular weight is 628 g/mol. The van der Waals surface area contributed by atoms with E-state index in [1.165, 1.54) is 0 Å². The molecule has 0 aliphatic rings. The summed E-state index contributed by atoms with van der Waals surface area (Å²) >= 11 is 0. The molecule has 0 spiro atoms. The lowest BCUT2D eigenvalue weighted by Gasteiger charge is -2.16. The van der Waals surface area contributed by atoms with Crippen LogP contribution in [0.25, 0.3) is 89.5 Å². The lowest BCUT2D eigenvalue weighted by molar-refractivity contribution is 0.669. The summed E-state index contributed by atoms with van der Waals surface area (Å²) in [5.41, 5.74) is 10.9. The van der Waals surface area contributed by atoms with E-state index in [-0.39, 0.29) is 0 Å². The van der Waals surface area contributed by atoms with E-state index in [9.17, 15) is 0 Å². The van der Waals surface area contributed by atoms with Crippen molar-refractivity contribution in [2.24, 2.45) is 0 Å². The summed E-state index contributed by atoms with van der Waals surface area (Å²) in [6.07, 6.45) is 0. The maximum atomic E-state index is 6.49. The molecule has 0 amide bonds. The molecule has 49 heavy (non-hydrogen) atoms. The molecule has 0 aliphatic carbocycles. The van der Waals surface area contributed by atoms with Crippen molar-refractivity contribution in [3.8, 4) is 67.5 Å². The molecule has 0 radical (unpaired) electrons. The van der Waals surface area contributed by atoms with E-state index in [2.05, 4.69) is 103 Å². The van der Waals surface area contributed by atoms with Gasteiger partial charge in [0.25, 0.3) is 0 Å². The first-order valence-corrected chi connectivity index (χ1v) is 16.4. The molecule has 4 nitrogen and oxygen atoms in total. The molecule has 9 rings (SSSR count). The molecule has 0 aliphatic heterocycles. The Morgan fingerprint density at radius 3 is 1.22 bits per heavy atom. The maximum absolute atomic E-state index is 6.49. The Kier molecular flexibility index (Phi) is 7.10. The first-order valence-electron chi connectivity index (χ1n) is 16.4. The maximum Gasteiger partial charge on any atom is 0.165 e. The smallest absolute Gasteiger partial charge is 0.165 e. The lowest BCUT2D eigenvalue weighted by Crippen LogP contribution is -2.02. The summed E-state index contributed by atoms with van der Waals surface area (Å²) in [5, 5.41) is 2.02. The minimum absolute atomic E-state index is 0.585. The monoisotopic (exact) mass is 627 g/mol. The Morgan fingerprint density at radius 1 is 0.286 bits per heavy atom. The van der Waals surface area contributed by atoms with Gasteiger partial charge in [0.15, 0.2) is 17.5 Å². The minimum Gasteiger partial charge on any atom is -0.456 e. The number of furan rings is 1. The van der Waals surface area contributed by atoms with E-state index in [0.717, 1.165) is 72.0 Å². The van der Waals surface area contributed by atoms with Gasteiger partial charge in [0.1, 0.15) is 11.2 Å². The van der Waals surface area contributed by atoms with E-state index in [1.807, 2.05) is 72.8 Å². The zero-order valence-electron chi connectivity index (χ0n) is 26.5. The van der Waals surface area contributed by atoms with Gasteiger partial charge in [-0.25, -0.2) is 15.0 Å². The first-order chi connectivity index (χ1) is 24.3. The van der Waals surface area contributed by atoms with Crippen molar-refractivity contribution < 1.29 is 4.42 Å². The highest BCUT2D eigenvalue weighted by Crippen LogP contribution is 2.43. The quantitative estimate of drug-likeness (QED) is 0.184. The van der Waals surface area contributed by atoms with Crippen molar-refractivity contribution in [3.05, 3.63) is 176 Å². The molecule has 0 saturated carbocycles. The summed E-state index contributed by atoms with van der Waals surface area (Å²) in [4.78, 5) is 15.7. The largest absolute Gasteiger partial charge is 0.456 e. The molecule has 0 unspecified atom stereocenters. The second kappa shape index (κ2) is 12.2. The van der Waals surface area contributed by atoms with Crippen LogP contribution < -0.4 is 0 Å². The van der Waals surface area contributed by atoms with Crippen molar-refractivity contribution in [1.82, 2.24) is 15.0 Å². The summed E-state index contributed by atoms with van der Waals surface area (Å²) in [7, 11) is 0. The van der Waals surface area contributed by atoms with Gasteiger partial charge in [0.2, 0.25) is 0 Å². The number of fused-ring (bicyclic) bond motifs is 3. The molecule has 230 valence electrons. The van der Waals surface area contributed by atoms with Crippen LogP contribution in [-0.2, 0) is 0 Å². The Bertz CT molecular complexity index is 2520. The third kappa shape index (κ3) is 5.16. The van der Waals surface area contributed by atoms with Gasteiger partial charge >= 0.3 is 0 Å². The molecule has 9 aromatic rings. The normalized spacial score (nSPS) is 11.3. The van der Waals surface area contributed by atoms with E-state index in [0.29, 0.717) is 17.5 Å². The molecular weight excluding hydrogens is 599 g/mol. The zero-order valence-corrected chi connectivity index (χ0v) is 26.5. The zero-order chi connectivity index (χ0) is 32.6. The lowest BCUT2D eigenvalue weighted by atomic mass is 9.91. The number of aromatic nitrogens is 3. The summed E-state index contributed by atoms with van der Waals surface area (Å²) in [5.74, 6) is 1.80. The predicted molar refractivity (Wildman–Crippen MR) is 200 cm³/mol. The molecule has 0 bridgehead atoms. The summed E-state index contributed by atoms with van der Waals surface area (Å²) in [6.45, 7) is 0. The predicted octanol–water partition coefficient (Wildman–Crippen LogP) is 11.8. The Morgan fingerprint density at radius 2 is 0.673 bits per heavy atom. The second-order valence-electron chi connectivity index (χ2n) is 12.0. The van der Waals surface area contributed by atoms with Crippen LogP contribution in [-0.4, -0.2) is 15.0 Å². The van der Waals surface area contributed by atoms with Crippen LogP contribution in [0, 0.1) is 0 Å². The molecule has 0 fully saturated rings. The molecule has 0 atom stereocenters. The number of benzene rings is 7. The molecular formula is C45H29N3O. The van der Waals surface area contributed by atoms with Crippen LogP contribution in [0.5, 0.6) is 0 Å². The van der Waals surface area contributed by atoms with Gasteiger partial charge in [-0.15, -0.1) is 0 Å². The van der Waals surface area contributed by atoms with Gasteiger partial charge in [-0.2, -0.15) is 0 Å². The topological polar surface area (TPSA) is 51.8 Å². The Labute approximate surface area is 284 Å². The van der Waals surface area contributed by atoms with E-state index < -0.39 is 0 Å². The van der Waals surface area contributed by atoms with Gasteiger partial charge in [-0.1, -0.05) is 164 Å². The average Bonchev–Trinajstić information content (AvgIpc) is 3.58. The fourth-order valence-corrected chi connectivity index (χ4v) is 6.75. The SMILES string of the molecule is c1ccc(-c2nc(-c3c(-c4ccccc4)cccc3-c3ccccc3)nc(-c3cccc4oc5cccc(-c6ccccc6)c5c34)n2)cc1. The van der Waals surface area contributed by atoms with Gasteiger partial charge < -0.3 is 4.42 Å². The number of hydrogen-bond donors (Lipinski definition) is 0. The first kappa shape index (κ1) is 28.6. The summed E-state index contributed by atoms with van der Waals surface area (Å²) < 4.78 is 6.49. The van der Waals surface area contributed by atoms with Crippen LogP contribution in [0.4, 0.5) is 0 Å². The Balaban J connectivity index is 1.37. The van der Waals surface area contributed by atoms with Crippen molar-refractivity contribution in [2.45, 2.75) is 0 Å². The van der Waals surface area contributed by atoms with Gasteiger partial charge in [0.05, 0.1) is 0 Å². The molecule has 0 N–H and O–H groups in total. The van der Waals surface area contributed by atoms with Crippen LogP contribution in [0.15, 0.2) is 180 Å². The number of nitrogens with zero attached hydrogens (tertiary/aromatic N) is 3. The van der Waals surface area contributed by atoms with E-state index in [1.54, 1.807) is 0 Å². The van der Waals surface area contributed by atoms with Crippen LogP contribution >= 0.6 is 0 Å². The minimum atomic E-state index is 0.585. The number of rotatable bonds is 6. The van der Waals surface area contributed by atoms with Gasteiger partial charge in [-0.05, 0) is 45.5 Å². The van der Waals surface area contributed by atoms with Crippen molar-refractivity contribution in [1.29, 1.82) is 0 Å². The van der Waals surface area contributed by atoms with Crippen LogP contribution in [0.3, 0.4) is 0 Å². The van der Waals surface area contributed by atoms with Gasteiger partial charge in [0, 0.05) is 27.5 Å². The highest BCUT2D eigenvalue weighted by Gasteiger charge is 2.22. The highest BCUT2D eigenvalue weighted by molar-refractivity contribution is 6.17. The molecule has 4 heteroatoms. The van der Waals surface area contributed by atoms with E-state index >= 15 is 0 Å². The van der Waals surface area contributed by atoms with Crippen LogP contribution in [0.2, 0.25) is 0 Å². The fourth-order valence-electron chi connectivity index (χ4n) is 6.75. The van der Waals surface area contributed by atoms with Gasteiger partial charge in [-0.3, -0.25) is 0 Å². The molecule has 2 aromatic heterocycles. The van der Waals surface area contributed by atoms with E-state index in [4.69, 9.17) is 19.4 Å². The molecule has 7 aromatic carbocycles. The second-order valence-corrected chi connectivity index (χ2v) is 12.0. The molecule has 2 heterocycles. The number of hydrogen-bond acceptors (Lipinski definition) is 4. The highest BCUT2D eigenvalue weighted by atomic mass is 16.3. The Hall–Kier alpha value is -6.65. The van der Waals surface area contributed by atoms with Crippen molar-refractivity contribution >= 4 is 21.9 Å². The third-order valence-electron chi connectivity index (χ3n) is 8.97. The summed E-state index contributed by atoms with van der Waals surface area (Å²) in [6, 6.07) is 60.2. The standard InChI is InChI=1S/C45H29N3O/c1-5-16-30(17-6-1)34-24-13-25-35(31-18-7-2-8-19-31)40(34)45-47-43(33-22-11-4-12-23-33)46-44(48-45)37-27-15-29-39-42(37)41-36(26-14-28-38(41)49-39)32-20-9-3-10-21-32/h1-29H. The van der Waals surface area contributed by atoms with Crippen molar-refractivity contribution in [3.63, 3.8) is 0 Å². The van der Waals surface area contributed by atoms with Crippen molar-refractivity contribution in [2.75, 3.05) is 0 Å². The molecule has 0 saturated heterocycles. The van der Waals surface area contributed by atoms with Crippen LogP contribution in [0.1, 0.15) is 0 Å².